The van der Waals surface area contributed by atoms with Crippen LogP contribution < -0.4 is 5.32 Å². The summed E-state index contributed by atoms with van der Waals surface area (Å²) < 4.78 is 0. The van der Waals surface area contributed by atoms with E-state index >= 15 is 0 Å². The van der Waals surface area contributed by atoms with Crippen molar-refractivity contribution in [3.05, 3.63) is 16.6 Å². The first kappa shape index (κ1) is 11.1. The number of carboxylic acids is 1. The number of carbonyl (C=O) groups is 1. The summed E-state index contributed by atoms with van der Waals surface area (Å²) >= 11 is 1.52. The number of aliphatic carboxylic acids is 1. The lowest BCUT2D eigenvalue weighted by atomic mass is 10.2. The zero-order chi connectivity index (χ0) is 10.4. The third-order valence-electron chi connectivity index (χ3n) is 1.57. The second kappa shape index (κ2) is 5.69. The van der Waals surface area contributed by atoms with Crippen molar-refractivity contribution in [2.24, 2.45) is 0 Å². The van der Waals surface area contributed by atoms with Crippen molar-refractivity contribution >= 4 is 17.3 Å². The van der Waals surface area contributed by atoms with Gasteiger partial charge in [0.05, 0.1) is 18.0 Å². The number of nitrogens with one attached hydrogen (secondary N) is 1. The van der Waals surface area contributed by atoms with Gasteiger partial charge < -0.3 is 15.5 Å². The van der Waals surface area contributed by atoms with Crippen LogP contribution in [0.3, 0.4) is 0 Å². The van der Waals surface area contributed by atoms with Gasteiger partial charge in [-0.15, -0.1) is 11.3 Å². The van der Waals surface area contributed by atoms with E-state index in [2.05, 4.69) is 10.3 Å². The van der Waals surface area contributed by atoms with Crippen LogP contribution in [0, 0.1) is 0 Å². The second-order valence-electron chi connectivity index (χ2n) is 2.85. The van der Waals surface area contributed by atoms with E-state index in [0.29, 0.717) is 6.54 Å². The molecule has 0 bridgehead atoms. The minimum Gasteiger partial charge on any atom is -0.481 e. The number of aromatic nitrogens is 1. The Bertz CT molecular complexity index is 276. The summed E-state index contributed by atoms with van der Waals surface area (Å²) in [6.45, 7) is 0.894. The smallest absolute Gasteiger partial charge is 0.306 e. The lowest BCUT2D eigenvalue weighted by Gasteiger charge is -2.07. The molecule has 5 nitrogen and oxygen atoms in total. The number of thiazole rings is 1. The molecule has 0 amide bonds. The number of rotatable bonds is 6. The van der Waals surface area contributed by atoms with Crippen LogP contribution in [0.25, 0.3) is 0 Å². The van der Waals surface area contributed by atoms with Gasteiger partial charge in [-0.2, -0.15) is 0 Å². The summed E-state index contributed by atoms with van der Waals surface area (Å²) in [5.74, 6) is -0.989. The predicted octanol–water partition coefficient (Wildman–Crippen LogP) is 0.0683. The Labute approximate surface area is 85.4 Å². The Morgan fingerprint density at radius 1 is 1.71 bits per heavy atom. The largest absolute Gasteiger partial charge is 0.481 e. The molecule has 1 rings (SSSR count). The summed E-state index contributed by atoms with van der Waals surface area (Å²) in [5.41, 5.74) is 1.73. The van der Waals surface area contributed by atoms with Gasteiger partial charge in [0.2, 0.25) is 0 Å². The Kier molecular flexibility index (Phi) is 4.51. The molecule has 1 aromatic rings. The zero-order valence-corrected chi connectivity index (χ0v) is 8.33. The maximum Gasteiger partial charge on any atom is 0.306 e. The quantitative estimate of drug-likeness (QED) is 0.626. The molecule has 0 aromatic carbocycles. The highest BCUT2D eigenvalue weighted by Crippen LogP contribution is 2.04. The minimum atomic E-state index is -0.989. The summed E-state index contributed by atoms with van der Waals surface area (Å²) in [6, 6.07) is 0. The Balaban J connectivity index is 2.12. The van der Waals surface area contributed by atoms with E-state index in [1.54, 1.807) is 11.7 Å². The Hall–Kier alpha value is -0.980. The van der Waals surface area contributed by atoms with Crippen molar-refractivity contribution in [1.29, 1.82) is 0 Å². The molecular formula is C8H12N2O3S. The average Bonchev–Trinajstić information content (AvgIpc) is 2.55. The molecule has 6 heteroatoms. The fourth-order valence-electron chi connectivity index (χ4n) is 0.965. The molecule has 78 valence electrons. The molecule has 1 aromatic heterocycles. The van der Waals surface area contributed by atoms with Gasteiger partial charge in [-0.1, -0.05) is 0 Å². The maximum absolute atomic E-state index is 10.2. The topological polar surface area (TPSA) is 82.5 Å². The van der Waals surface area contributed by atoms with Gasteiger partial charge in [0.1, 0.15) is 0 Å². The second-order valence-corrected chi connectivity index (χ2v) is 3.82. The first-order valence-electron chi connectivity index (χ1n) is 4.16. The van der Waals surface area contributed by atoms with Gasteiger partial charge in [0.25, 0.3) is 0 Å². The highest BCUT2D eigenvalue weighted by molar-refractivity contribution is 7.09. The fourth-order valence-corrected chi connectivity index (χ4v) is 1.53. The third-order valence-corrected chi connectivity index (χ3v) is 2.35. The van der Waals surface area contributed by atoms with E-state index in [9.17, 15) is 9.90 Å². The monoisotopic (exact) mass is 216 g/mol. The van der Waals surface area contributed by atoms with Crippen molar-refractivity contribution in [2.75, 3.05) is 6.54 Å². The number of hydrogen-bond acceptors (Lipinski definition) is 5. The first-order chi connectivity index (χ1) is 6.68. The number of aliphatic hydroxyl groups excluding tert-OH is 1. The molecule has 0 fully saturated rings. The number of nitrogens with zero attached hydrogens (tertiary/aromatic N) is 1. The lowest BCUT2D eigenvalue weighted by molar-refractivity contribution is -0.139. The highest BCUT2D eigenvalue weighted by atomic mass is 32.1. The van der Waals surface area contributed by atoms with Gasteiger partial charge >= 0.3 is 5.97 Å². The van der Waals surface area contributed by atoms with Crippen molar-refractivity contribution in [2.45, 2.75) is 19.1 Å². The third kappa shape index (κ3) is 4.31. The molecule has 1 unspecified atom stereocenters. The molecule has 0 saturated heterocycles. The van der Waals surface area contributed by atoms with Gasteiger partial charge in [0, 0.05) is 24.2 Å². The molecule has 0 spiro atoms. The normalized spacial score (nSPS) is 12.6. The van der Waals surface area contributed by atoms with Crippen LogP contribution in [0.15, 0.2) is 11.7 Å². The molecule has 1 atom stereocenters. The van der Waals surface area contributed by atoms with Gasteiger partial charge in [-0.25, -0.2) is 0 Å². The fraction of sp³-hybridized carbons (Fsp3) is 0.500. The molecule has 0 aliphatic heterocycles. The van der Waals surface area contributed by atoms with Crippen molar-refractivity contribution < 1.29 is 15.0 Å². The Morgan fingerprint density at radius 3 is 3.07 bits per heavy atom. The van der Waals surface area contributed by atoms with Crippen LogP contribution in [0.2, 0.25) is 0 Å². The predicted molar refractivity (Wildman–Crippen MR) is 52.1 cm³/mol. The van der Waals surface area contributed by atoms with Crippen molar-refractivity contribution in [1.82, 2.24) is 10.3 Å². The minimum absolute atomic E-state index is 0.226. The number of hydrogen-bond donors (Lipinski definition) is 3. The van der Waals surface area contributed by atoms with E-state index in [1.807, 2.05) is 0 Å². The molecule has 0 aliphatic carbocycles. The zero-order valence-electron chi connectivity index (χ0n) is 7.51. The van der Waals surface area contributed by atoms with Crippen LogP contribution in [0.4, 0.5) is 0 Å². The number of carboxylic acid groups (broad SMARTS) is 1. The molecule has 14 heavy (non-hydrogen) atoms. The van der Waals surface area contributed by atoms with Crippen LogP contribution in [-0.4, -0.2) is 33.8 Å². The van der Waals surface area contributed by atoms with Crippen molar-refractivity contribution in [3.8, 4) is 0 Å². The highest BCUT2D eigenvalue weighted by Gasteiger charge is 2.08. The molecule has 0 saturated carbocycles. The summed E-state index contributed by atoms with van der Waals surface area (Å²) in [5, 5.41) is 20.5. The molecule has 1 heterocycles. The van der Waals surface area contributed by atoms with Crippen molar-refractivity contribution in [3.63, 3.8) is 0 Å². The van der Waals surface area contributed by atoms with Gasteiger partial charge in [0.15, 0.2) is 0 Å². The average molecular weight is 216 g/mol. The van der Waals surface area contributed by atoms with E-state index in [1.165, 1.54) is 11.3 Å². The number of aliphatic hydroxyl groups is 1. The van der Waals surface area contributed by atoms with Gasteiger partial charge in [-0.3, -0.25) is 9.78 Å². The molecular weight excluding hydrogens is 204 g/mol. The van der Waals surface area contributed by atoms with E-state index in [4.69, 9.17) is 5.11 Å². The van der Waals surface area contributed by atoms with Crippen LogP contribution in [0.5, 0.6) is 0 Å². The van der Waals surface area contributed by atoms with E-state index < -0.39 is 12.1 Å². The molecule has 0 aliphatic rings. The van der Waals surface area contributed by atoms with E-state index in [0.717, 1.165) is 4.88 Å². The van der Waals surface area contributed by atoms with Crippen LogP contribution >= 0.6 is 11.3 Å². The lowest BCUT2D eigenvalue weighted by Crippen LogP contribution is -2.28. The summed E-state index contributed by atoms with van der Waals surface area (Å²) in [4.78, 5) is 15.2. The van der Waals surface area contributed by atoms with Crippen LogP contribution in [0.1, 0.15) is 11.3 Å². The summed E-state index contributed by atoms with van der Waals surface area (Å²) in [7, 11) is 0. The SMILES string of the molecule is O=C(O)CC(O)CNCc1cncs1. The Morgan fingerprint density at radius 2 is 2.50 bits per heavy atom. The maximum atomic E-state index is 10.2. The standard InChI is InChI=1S/C8H12N2O3S/c11-6(1-8(12)13)2-9-3-7-4-10-5-14-7/h4-6,9,11H,1-3H2,(H,12,13). The van der Waals surface area contributed by atoms with Crippen LogP contribution in [-0.2, 0) is 11.3 Å². The molecule has 0 radical (unpaired) electrons. The van der Waals surface area contributed by atoms with E-state index in [-0.39, 0.29) is 13.0 Å². The molecule has 3 N–H and O–H groups in total. The first-order valence-corrected chi connectivity index (χ1v) is 5.04. The summed E-state index contributed by atoms with van der Waals surface area (Å²) in [6.07, 6.45) is 0.678. The van der Waals surface area contributed by atoms with Gasteiger partial charge in [-0.05, 0) is 0 Å².